The second-order valence-electron chi connectivity index (χ2n) is 7.35. The smallest absolute Gasteiger partial charge is 0.263 e. The number of benzene rings is 1. The van der Waals surface area contributed by atoms with Crippen LogP contribution in [0.1, 0.15) is 48.0 Å². The molecule has 1 aliphatic heterocycles. The molecule has 2 aromatic rings. The number of carbonyl (C=O) groups is 1. The van der Waals surface area contributed by atoms with Gasteiger partial charge in [-0.15, -0.1) is 11.3 Å². The van der Waals surface area contributed by atoms with E-state index in [1.165, 1.54) is 37.0 Å². The first kappa shape index (κ1) is 21.6. The average molecular weight is 418 g/mol. The monoisotopic (exact) mass is 417 g/mol. The summed E-state index contributed by atoms with van der Waals surface area (Å²) in [6, 6.07) is 6.33. The van der Waals surface area contributed by atoms with Crippen LogP contribution in [0, 0.1) is 6.92 Å². The fourth-order valence-electron chi connectivity index (χ4n) is 3.91. The number of aryl methyl sites for hydroxylation is 1. The summed E-state index contributed by atoms with van der Waals surface area (Å²) in [6.45, 7) is 6.84. The number of hydrogen-bond donors (Lipinski definition) is 1. The SMILES string of the molecule is CCC1CCCCN1CCNC(=O)c1sc(-c2ccc(OC)c(OC)c2)nc1C. The van der Waals surface area contributed by atoms with Crippen LogP contribution in [0.25, 0.3) is 10.6 Å². The van der Waals surface area contributed by atoms with E-state index >= 15 is 0 Å². The minimum atomic E-state index is -0.0446. The van der Waals surface area contributed by atoms with Gasteiger partial charge in [-0.3, -0.25) is 9.69 Å². The molecule has 1 atom stereocenters. The van der Waals surface area contributed by atoms with Crippen molar-refractivity contribution in [1.82, 2.24) is 15.2 Å². The summed E-state index contributed by atoms with van der Waals surface area (Å²) >= 11 is 1.41. The van der Waals surface area contributed by atoms with E-state index in [4.69, 9.17) is 9.47 Å². The molecule has 2 heterocycles. The maximum Gasteiger partial charge on any atom is 0.263 e. The summed E-state index contributed by atoms with van der Waals surface area (Å²) in [7, 11) is 3.22. The van der Waals surface area contributed by atoms with Gasteiger partial charge < -0.3 is 14.8 Å². The van der Waals surface area contributed by atoms with Crippen molar-refractivity contribution in [2.75, 3.05) is 33.9 Å². The summed E-state index contributed by atoms with van der Waals surface area (Å²) in [5, 5.41) is 3.88. The molecule has 1 N–H and O–H groups in total. The van der Waals surface area contributed by atoms with Crippen molar-refractivity contribution in [3.05, 3.63) is 28.8 Å². The number of piperidine rings is 1. The predicted octanol–water partition coefficient (Wildman–Crippen LogP) is 4.13. The molecule has 0 aliphatic carbocycles. The Bertz CT molecular complexity index is 837. The third kappa shape index (κ3) is 5.08. The van der Waals surface area contributed by atoms with Gasteiger partial charge in [-0.1, -0.05) is 13.3 Å². The summed E-state index contributed by atoms with van der Waals surface area (Å²) in [6.07, 6.45) is 5.02. The molecule has 0 spiro atoms. The zero-order valence-corrected chi connectivity index (χ0v) is 18.6. The molecule has 1 saturated heterocycles. The van der Waals surface area contributed by atoms with E-state index < -0.39 is 0 Å². The molecule has 1 aliphatic rings. The molecule has 1 unspecified atom stereocenters. The molecule has 6 nitrogen and oxygen atoms in total. The average Bonchev–Trinajstić information content (AvgIpc) is 3.15. The molecule has 158 valence electrons. The first-order valence-electron chi connectivity index (χ1n) is 10.3. The van der Waals surface area contributed by atoms with E-state index in [2.05, 4.69) is 22.1 Å². The van der Waals surface area contributed by atoms with Crippen molar-refractivity contribution in [1.29, 1.82) is 0 Å². The molecule has 1 amide bonds. The Morgan fingerprint density at radius 2 is 2.07 bits per heavy atom. The van der Waals surface area contributed by atoms with E-state index in [9.17, 15) is 4.79 Å². The van der Waals surface area contributed by atoms with E-state index in [-0.39, 0.29) is 5.91 Å². The quantitative estimate of drug-likeness (QED) is 0.700. The van der Waals surface area contributed by atoms with Gasteiger partial charge in [-0.2, -0.15) is 0 Å². The highest BCUT2D eigenvalue weighted by Crippen LogP contribution is 2.35. The van der Waals surface area contributed by atoms with E-state index in [0.29, 0.717) is 29.0 Å². The molecule has 3 rings (SSSR count). The van der Waals surface area contributed by atoms with Crippen molar-refractivity contribution >= 4 is 17.2 Å². The number of methoxy groups -OCH3 is 2. The third-order valence-electron chi connectivity index (χ3n) is 5.54. The van der Waals surface area contributed by atoms with Crippen molar-refractivity contribution in [3.8, 4) is 22.1 Å². The Balaban J connectivity index is 1.64. The lowest BCUT2D eigenvalue weighted by atomic mass is 10.0. The van der Waals surface area contributed by atoms with Crippen LogP contribution in [0.2, 0.25) is 0 Å². The lowest BCUT2D eigenvalue weighted by Crippen LogP contribution is -2.43. The molecule has 1 aromatic carbocycles. The molecule has 1 fully saturated rings. The van der Waals surface area contributed by atoms with E-state index in [1.54, 1.807) is 14.2 Å². The van der Waals surface area contributed by atoms with E-state index in [0.717, 1.165) is 29.4 Å². The van der Waals surface area contributed by atoms with Crippen LogP contribution in [-0.2, 0) is 0 Å². The number of thiazole rings is 1. The first-order valence-corrected chi connectivity index (χ1v) is 11.1. The zero-order chi connectivity index (χ0) is 20.8. The summed E-state index contributed by atoms with van der Waals surface area (Å²) < 4.78 is 10.7. The van der Waals surface area contributed by atoms with Gasteiger partial charge in [0.15, 0.2) is 11.5 Å². The number of hydrogen-bond acceptors (Lipinski definition) is 6. The molecular formula is C22H31N3O3S. The number of amides is 1. The largest absolute Gasteiger partial charge is 0.493 e. The van der Waals surface area contributed by atoms with Gasteiger partial charge in [0.25, 0.3) is 5.91 Å². The molecule has 1 aromatic heterocycles. The first-order chi connectivity index (χ1) is 14.1. The number of nitrogens with one attached hydrogen (secondary N) is 1. The van der Waals surface area contributed by atoms with Gasteiger partial charge in [-0.25, -0.2) is 4.98 Å². The Morgan fingerprint density at radius 3 is 2.79 bits per heavy atom. The zero-order valence-electron chi connectivity index (χ0n) is 17.8. The minimum Gasteiger partial charge on any atom is -0.493 e. The lowest BCUT2D eigenvalue weighted by Gasteiger charge is -2.35. The van der Waals surface area contributed by atoms with Gasteiger partial charge in [0.2, 0.25) is 0 Å². The summed E-state index contributed by atoms with van der Waals surface area (Å²) in [4.78, 5) is 20.5. The lowest BCUT2D eigenvalue weighted by molar-refractivity contribution is 0.0937. The summed E-state index contributed by atoms with van der Waals surface area (Å²) in [5.74, 6) is 1.28. The molecule has 0 radical (unpaired) electrons. The van der Waals surface area contributed by atoms with Crippen LogP contribution in [-0.4, -0.2) is 55.7 Å². The van der Waals surface area contributed by atoms with Gasteiger partial charge in [-0.05, 0) is 50.9 Å². The topological polar surface area (TPSA) is 63.7 Å². The molecule has 29 heavy (non-hydrogen) atoms. The predicted molar refractivity (Wildman–Crippen MR) is 117 cm³/mol. The normalized spacial score (nSPS) is 17.2. The number of nitrogens with zero attached hydrogens (tertiary/aromatic N) is 2. The minimum absolute atomic E-state index is 0.0446. The maximum atomic E-state index is 12.7. The number of rotatable bonds is 8. The number of ether oxygens (including phenoxy) is 2. The second-order valence-corrected chi connectivity index (χ2v) is 8.35. The Morgan fingerprint density at radius 1 is 1.28 bits per heavy atom. The number of aromatic nitrogens is 1. The van der Waals surface area contributed by atoms with Crippen molar-refractivity contribution in [2.45, 2.75) is 45.6 Å². The molecule has 7 heteroatoms. The highest BCUT2D eigenvalue weighted by molar-refractivity contribution is 7.17. The number of likely N-dealkylation sites (tertiary alicyclic amines) is 1. The number of carbonyl (C=O) groups excluding carboxylic acids is 1. The summed E-state index contributed by atoms with van der Waals surface area (Å²) in [5.41, 5.74) is 1.66. The van der Waals surface area contributed by atoms with Crippen LogP contribution < -0.4 is 14.8 Å². The molecule has 0 bridgehead atoms. The standard InChI is InChI=1S/C22H31N3O3S/c1-5-17-8-6-7-12-25(17)13-11-23-21(26)20-15(2)24-22(29-20)16-9-10-18(27-3)19(14-16)28-4/h9-10,14,17H,5-8,11-13H2,1-4H3,(H,23,26). The fraction of sp³-hybridized carbons (Fsp3) is 0.545. The van der Waals surface area contributed by atoms with Crippen molar-refractivity contribution < 1.29 is 14.3 Å². The van der Waals surface area contributed by atoms with E-state index in [1.807, 2.05) is 25.1 Å². The third-order valence-corrected chi connectivity index (χ3v) is 6.74. The molecule has 0 saturated carbocycles. The maximum absolute atomic E-state index is 12.7. The van der Waals surface area contributed by atoms with Crippen LogP contribution in [0.4, 0.5) is 0 Å². The Hall–Kier alpha value is -2.12. The molecular weight excluding hydrogens is 386 g/mol. The van der Waals surface area contributed by atoms with Gasteiger partial charge in [0.05, 0.1) is 19.9 Å². The van der Waals surface area contributed by atoms with Gasteiger partial charge >= 0.3 is 0 Å². The van der Waals surface area contributed by atoms with Gasteiger partial charge in [0, 0.05) is 24.7 Å². The second kappa shape index (κ2) is 10.1. The highest BCUT2D eigenvalue weighted by atomic mass is 32.1. The Kier molecular flexibility index (Phi) is 7.50. The van der Waals surface area contributed by atoms with Crippen LogP contribution in [0.15, 0.2) is 18.2 Å². The van der Waals surface area contributed by atoms with Crippen LogP contribution in [0.5, 0.6) is 11.5 Å². The van der Waals surface area contributed by atoms with Crippen molar-refractivity contribution in [2.24, 2.45) is 0 Å². The van der Waals surface area contributed by atoms with Crippen LogP contribution >= 0.6 is 11.3 Å². The Labute approximate surface area is 177 Å². The highest BCUT2D eigenvalue weighted by Gasteiger charge is 2.21. The van der Waals surface area contributed by atoms with Crippen LogP contribution in [0.3, 0.4) is 0 Å². The fourth-order valence-corrected chi connectivity index (χ4v) is 4.89. The van der Waals surface area contributed by atoms with Crippen molar-refractivity contribution in [3.63, 3.8) is 0 Å². The van der Waals surface area contributed by atoms with Gasteiger partial charge in [0.1, 0.15) is 9.88 Å².